The Morgan fingerprint density at radius 1 is 1.10 bits per heavy atom. The Bertz CT molecular complexity index is 413. The molecule has 0 aliphatic heterocycles. The summed E-state index contributed by atoms with van der Waals surface area (Å²) in [6.45, 7) is 10.7. The van der Waals surface area contributed by atoms with E-state index in [4.69, 9.17) is 4.74 Å². The molecule has 0 heterocycles. The summed E-state index contributed by atoms with van der Waals surface area (Å²) in [5.74, 6) is 1.31. The molecule has 0 saturated heterocycles. The first-order valence-corrected chi connectivity index (χ1v) is 7.19. The van der Waals surface area contributed by atoms with E-state index < -0.39 is 0 Å². The standard InChI is InChI=1S/C16H26N2O2/c1-11(2)10-17-16(19)13(5)18-14-6-8-15(9-7-14)20-12(3)4/h6-9,11-13,18H,10H2,1-5H3,(H,17,19). The molecule has 1 unspecified atom stereocenters. The van der Waals surface area contributed by atoms with Crippen molar-refractivity contribution in [3.8, 4) is 5.75 Å². The summed E-state index contributed by atoms with van der Waals surface area (Å²) < 4.78 is 5.58. The lowest BCUT2D eigenvalue weighted by atomic mass is 10.2. The van der Waals surface area contributed by atoms with Crippen molar-refractivity contribution < 1.29 is 9.53 Å². The Morgan fingerprint density at radius 3 is 2.20 bits per heavy atom. The van der Waals surface area contributed by atoms with Crippen LogP contribution in [0.5, 0.6) is 5.75 Å². The summed E-state index contributed by atoms with van der Waals surface area (Å²) in [5.41, 5.74) is 0.910. The molecule has 4 nitrogen and oxygen atoms in total. The van der Waals surface area contributed by atoms with E-state index in [9.17, 15) is 4.79 Å². The van der Waals surface area contributed by atoms with Crippen LogP contribution in [-0.2, 0) is 4.79 Å². The fraction of sp³-hybridized carbons (Fsp3) is 0.562. The van der Waals surface area contributed by atoms with Gasteiger partial charge in [0.1, 0.15) is 11.8 Å². The second kappa shape index (κ2) is 7.78. The van der Waals surface area contributed by atoms with Crippen LogP contribution in [-0.4, -0.2) is 24.6 Å². The number of ether oxygens (including phenoxy) is 1. The summed E-state index contributed by atoms with van der Waals surface area (Å²) >= 11 is 0. The fourth-order valence-corrected chi connectivity index (χ4v) is 1.68. The summed E-state index contributed by atoms with van der Waals surface area (Å²) in [4.78, 5) is 11.9. The maximum absolute atomic E-state index is 11.9. The molecule has 2 N–H and O–H groups in total. The van der Waals surface area contributed by atoms with E-state index in [-0.39, 0.29) is 18.1 Å². The molecule has 0 bridgehead atoms. The van der Waals surface area contributed by atoms with E-state index in [2.05, 4.69) is 24.5 Å². The van der Waals surface area contributed by atoms with E-state index in [1.165, 1.54) is 0 Å². The summed E-state index contributed by atoms with van der Waals surface area (Å²) in [6.07, 6.45) is 0.162. The molecule has 0 aliphatic carbocycles. The second-order valence-electron chi connectivity index (χ2n) is 5.70. The van der Waals surface area contributed by atoms with E-state index in [1.807, 2.05) is 45.0 Å². The van der Waals surface area contributed by atoms with Gasteiger partial charge < -0.3 is 15.4 Å². The summed E-state index contributed by atoms with van der Waals surface area (Å²) in [5, 5.41) is 6.09. The van der Waals surface area contributed by atoms with Gasteiger partial charge in [0.15, 0.2) is 0 Å². The Kier molecular flexibility index (Phi) is 6.36. The third kappa shape index (κ3) is 5.95. The molecular weight excluding hydrogens is 252 g/mol. The molecule has 0 aromatic heterocycles. The van der Waals surface area contributed by atoms with Gasteiger partial charge in [-0.3, -0.25) is 4.79 Å². The molecule has 1 rings (SSSR count). The van der Waals surface area contributed by atoms with Crippen molar-refractivity contribution in [3.05, 3.63) is 24.3 Å². The average Bonchev–Trinajstić information content (AvgIpc) is 2.37. The number of anilines is 1. The highest BCUT2D eigenvalue weighted by atomic mass is 16.5. The van der Waals surface area contributed by atoms with Gasteiger partial charge >= 0.3 is 0 Å². The molecule has 0 spiro atoms. The molecular formula is C16H26N2O2. The quantitative estimate of drug-likeness (QED) is 0.806. The van der Waals surface area contributed by atoms with Gasteiger partial charge in [-0.2, -0.15) is 0 Å². The van der Waals surface area contributed by atoms with Gasteiger partial charge in [0.25, 0.3) is 0 Å². The predicted octanol–water partition coefficient (Wildman–Crippen LogP) is 3.05. The number of benzene rings is 1. The third-order valence-electron chi connectivity index (χ3n) is 2.69. The number of nitrogens with one attached hydrogen (secondary N) is 2. The molecule has 1 atom stereocenters. The van der Waals surface area contributed by atoms with Gasteiger partial charge in [0.2, 0.25) is 5.91 Å². The lowest BCUT2D eigenvalue weighted by molar-refractivity contribution is -0.121. The van der Waals surface area contributed by atoms with Crippen LogP contribution in [0.15, 0.2) is 24.3 Å². The first-order chi connectivity index (χ1) is 9.38. The van der Waals surface area contributed by atoms with Gasteiger partial charge in [-0.15, -0.1) is 0 Å². The van der Waals surface area contributed by atoms with Gasteiger partial charge in [0.05, 0.1) is 6.10 Å². The number of hydrogen-bond acceptors (Lipinski definition) is 3. The Hall–Kier alpha value is -1.71. The minimum Gasteiger partial charge on any atom is -0.491 e. The zero-order valence-corrected chi connectivity index (χ0v) is 13.1. The molecule has 0 fully saturated rings. The highest BCUT2D eigenvalue weighted by Crippen LogP contribution is 2.17. The van der Waals surface area contributed by atoms with Crippen molar-refractivity contribution in [2.75, 3.05) is 11.9 Å². The van der Waals surface area contributed by atoms with Gasteiger partial charge in [-0.05, 0) is 51.0 Å². The zero-order chi connectivity index (χ0) is 15.1. The molecule has 0 saturated carbocycles. The maximum Gasteiger partial charge on any atom is 0.242 e. The van der Waals surface area contributed by atoms with Crippen molar-refractivity contribution in [3.63, 3.8) is 0 Å². The zero-order valence-electron chi connectivity index (χ0n) is 13.1. The number of hydrogen-bond donors (Lipinski definition) is 2. The number of amides is 1. The highest BCUT2D eigenvalue weighted by molar-refractivity contribution is 5.84. The van der Waals surface area contributed by atoms with E-state index in [0.29, 0.717) is 12.5 Å². The van der Waals surface area contributed by atoms with Crippen LogP contribution in [0.1, 0.15) is 34.6 Å². The minimum absolute atomic E-state index is 0.0150. The van der Waals surface area contributed by atoms with Crippen LogP contribution in [0.25, 0.3) is 0 Å². The Balaban J connectivity index is 2.49. The van der Waals surface area contributed by atoms with E-state index >= 15 is 0 Å². The topological polar surface area (TPSA) is 50.4 Å². The SMILES string of the molecule is CC(C)CNC(=O)C(C)Nc1ccc(OC(C)C)cc1. The van der Waals surface area contributed by atoms with Crippen molar-refractivity contribution in [2.24, 2.45) is 5.92 Å². The molecule has 1 aromatic carbocycles. The van der Waals surface area contributed by atoms with Crippen molar-refractivity contribution in [1.82, 2.24) is 5.32 Å². The van der Waals surface area contributed by atoms with Crippen molar-refractivity contribution >= 4 is 11.6 Å². The van der Waals surface area contributed by atoms with Gasteiger partial charge in [-0.25, -0.2) is 0 Å². The number of rotatable bonds is 7. The fourth-order valence-electron chi connectivity index (χ4n) is 1.68. The number of carbonyl (C=O) groups excluding carboxylic acids is 1. The van der Waals surface area contributed by atoms with Crippen LogP contribution in [0.3, 0.4) is 0 Å². The normalized spacial score (nSPS) is 12.3. The van der Waals surface area contributed by atoms with Gasteiger partial charge in [-0.1, -0.05) is 13.8 Å². The first kappa shape index (κ1) is 16.3. The molecule has 4 heteroatoms. The molecule has 1 aromatic rings. The Morgan fingerprint density at radius 2 is 1.70 bits per heavy atom. The van der Waals surface area contributed by atoms with Crippen LogP contribution >= 0.6 is 0 Å². The molecule has 20 heavy (non-hydrogen) atoms. The van der Waals surface area contributed by atoms with E-state index in [1.54, 1.807) is 0 Å². The van der Waals surface area contributed by atoms with Crippen molar-refractivity contribution in [1.29, 1.82) is 0 Å². The monoisotopic (exact) mass is 278 g/mol. The summed E-state index contributed by atoms with van der Waals surface area (Å²) in [6, 6.07) is 7.39. The van der Waals surface area contributed by atoms with Crippen LogP contribution < -0.4 is 15.4 Å². The van der Waals surface area contributed by atoms with Crippen molar-refractivity contribution in [2.45, 2.75) is 46.8 Å². The van der Waals surface area contributed by atoms with Crippen LogP contribution in [0, 0.1) is 5.92 Å². The molecule has 1 amide bonds. The second-order valence-corrected chi connectivity index (χ2v) is 5.70. The molecule has 0 aliphatic rings. The third-order valence-corrected chi connectivity index (χ3v) is 2.69. The summed E-state index contributed by atoms with van der Waals surface area (Å²) in [7, 11) is 0. The largest absolute Gasteiger partial charge is 0.491 e. The molecule has 0 radical (unpaired) electrons. The Labute approximate surface area is 121 Å². The predicted molar refractivity (Wildman–Crippen MR) is 83.1 cm³/mol. The molecule has 112 valence electrons. The average molecular weight is 278 g/mol. The number of carbonyl (C=O) groups is 1. The maximum atomic E-state index is 11.9. The smallest absolute Gasteiger partial charge is 0.242 e. The first-order valence-electron chi connectivity index (χ1n) is 7.19. The minimum atomic E-state index is -0.259. The highest BCUT2D eigenvalue weighted by Gasteiger charge is 2.12. The van der Waals surface area contributed by atoms with Crippen LogP contribution in [0.4, 0.5) is 5.69 Å². The van der Waals surface area contributed by atoms with E-state index in [0.717, 1.165) is 11.4 Å². The lowest BCUT2D eigenvalue weighted by Crippen LogP contribution is -2.39. The van der Waals surface area contributed by atoms with Gasteiger partial charge in [0, 0.05) is 12.2 Å². The van der Waals surface area contributed by atoms with Crippen LogP contribution in [0.2, 0.25) is 0 Å². The lowest BCUT2D eigenvalue weighted by Gasteiger charge is -2.17.